The van der Waals surface area contributed by atoms with Crippen molar-refractivity contribution in [3.8, 4) is 11.5 Å². The fraction of sp³-hybridized carbons (Fsp3) is 0.143. The maximum absolute atomic E-state index is 5.68. The van der Waals surface area contributed by atoms with Crippen LogP contribution in [0.3, 0.4) is 0 Å². The first-order valence-electron chi connectivity index (χ1n) is 5.97. The van der Waals surface area contributed by atoms with E-state index >= 15 is 0 Å². The summed E-state index contributed by atoms with van der Waals surface area (Å²) in [5.74, 6) is 0.844. The molecule has 2 heterocycles. The zero-order valence-electron chi connectivity index (χ0n) is 10.5. The van der Waals surface area contributed by atoms with Crippen molar-refractivity contribution in [3.63, 3.8) is 0 Å². The fourth-order valence-corrected chi connectivity index (χ4v) is 2.56. The highest BCUT2D eigenvalue weighted by Crippen LogP contribution is 2.28. The van der Waals surface area contributed by atoms with Crippen LogP contribution in [0.5, 0.6) is 0 Å². The van der Waals surface area contributed by atoms with E-state index < -0.39 is 0 Å². The average molecular weight is 317 g/mol. The van der Waals surface area contributed by atoms with Crippen LogP contribution in [0.4, 0.5) is 0 Å². The van der Waals surface area contributed by atoms with Gasteiger partial charge >= 0.3 is 0 Å². The van der Waals surface area contributed by atoms with E-state index in [1.54, 1.807) is 6.20 Å². The molecule has 0 saturated carbocycles. The number of rotatable bonds is 2. The van der Waals surface area contributed by atoms with E-state index in [1.807, 2.05) is 35.9 Å². The normalized spacial score (nSPS) is 11.1. The first-order valence-corrected chi connectivity index (χ1v) is 6.76. The van der Waals surface area contributed by atoms with Gasteiger partial charge in [-0.15, -0.1) is 0 Å². The summed E-state index contributed by atoms with van der Waals surface area (Å²) in [6.45, 7) is 0.531. The van der Waals surface area contributed by atoms with Gasteiger partial charge in [-0.3, -0.25) is 4.98 Å². The van der Waals surface area contributed by atoms with E-state index in [4.69, 9.17) is 5.73 Å². The zero-order valence-corrected chi connectivity index (χ0v) is 12.1. The highest BCUT2D eigenvalue weighted by Gasteiger charge is 2.13. The van der Waals surface area contributed by atoms with E-state index in [9.17, 15) is 0 Å². The molecular weight excluding hydrogens is 304 g/mol. The molecule has 0 aliphatic carbocycles. The molecule has 2 aromatic heterocycles. The molecule has 96 valence electrons. The summed E-state index contributed by atoms with van der Waals surface area (Å²) in [4.78, 5) is 9.04. The molecule has 0 saturated heterocycles. The predicted molar refractivity (Wildman–Crippen MR) is 79.5 cm³/mol. The Morgan fingerprint density at radius 3 is 2.89 bits per heavy atom. The van der Waals surface area contributed by atoms with Gasteiger partial charge in [-0.05, 0) is 45.8 Å². The summed E-state index contributed by atoms with van der Waals surface area (Å²) < 4.78 is 2.98. The molecule has 0 fully saturated rings. The number of halogens is 1. The third-order valence-corrected chi connectivity index (χ3v) is 3.79. The Balaban J connectivity index is 2.26. The van der Waals surface area contributed by atoms with Crippen molar-refractivity contribution in [1.82, 2.24) is 14.5 Å². The van der Waals surface area contributed by atoms with E-state index in [0.29, 0.717) is 6.54 Å². The SMILES string of the molecule is Cn1c(-c2ncccc2Br)nc2ccc(CN)cc21. The Morgan fingerprint density at radius 1 is 1.32 bits per heavy atom. The molecule has 3 aromatic rings. The van der Waals surface area contributed by atoms with E-state index in [2.05, 4.69) is 32.0 Å². The maximum atomic E-state index is 5.68. The summed E-state index contributed by atoms with van der Waals surface area (Å²) in [6, 6.07) is 9.93. The number of aryl methyl sites for hydroxylation is 1. The van der Waals surface area contributed by atoms with Crippen molar-refractivity contribution in [3.05, 3.63) is 46.6 Å². The average Bonchev–Trinajstić information content (AvgIpc) is 2.76. The number of fused-ring (bicyclic) bond motifs is 1. The number of imidazole rings is 1. The molecule has 2 N–H and O–H groups in total. The van der Waals surface area contributed by atoms with Crippen LogP contribution in [0.25, 0.3) is 22.6 Å². The molecule has 0 aliphatic rings. The molecular formula is C14H13BrN4. The van der Waals surface area contributed by atoms with Gasteiger partial charge in [-0.2, -0.15) is 0 Å². The lowest BCUT2D eigenvalue weighted by Gasteiger charge is -2.03. The second kappa shape index (κ2) is 4.75. The van der Waals surface area contributed by atoms with Crippen molar-refractivity contribution < 1.29 is 0 Å². The molecule has 0 bridgehead atoms. The third kappa shape index (κ3) is 2.05. The summed E-state index contributed by atoms with van der Waals surface area (Å²) in [5.41, 5.74) is 9.64. The van der Waals surface area contributed by atoms with Crippen molar-refractivity contribution in [2.45, 2.75) is 6.54 Å². The first kappa shape index (κ1) is 12.3. The number of hydrogen-bond donors (Lipinski definition) is 1. The van der Waals surface area contributed by atoms with Crippen LogP contribution in [0.2, 0.25) is 0 Å². The fourth-order valence-electron chi connectivity index (χ4n) is 2.12. The smallest absolute Gasteiger partial charge is 0.160 e. The maximum Gasteiger partial charge on any atom is 0.160 e. The van der Waals surface area contributed by atoms with Crippen molar-refractivity contribution in [2.24, 2.45) is 12.8 Å². The molecule has 4 nitrogen and oxygen atoms in total. The minimum absolute atomic E-state index is 0.531. The number of nitrogens with two attached hydrogens (primary N) is 1. The number of pyridine rings is 1. The molecule has 0 spiro atoms. The summed E-state index contributed by atoms with van der Waals surface area (Å²) in [7, 11) is 1.99. The van der Waals surface area contributed by atoms with Crippen LogP contribution >= 0.6 is 15.9 Å². The molecule has 0 aliphatic heterocycles. The van der Waals surface area contributed by atoms with Crippen LogP contribution in [0, 0.1) is 0 Å². The number of hydrogen-bond acceptors (Lipinski definition) is 3. The number of aromatic nitrogens is 3. The Labute approximate surface area is 119 Å². The molecule has 0 atom stereocenters. The van der Waals surface area contributed by atoms with Crippen molar-refractivity contribution in [1.29, 1.82) is 0 Å². The van der Waals surface area contributed by atoms with E-state index in [-0.39, 0.29) is 0 Å². The molecule has 0 unspecified atom stereocenters. The Kier molecular flexibility index (Phi) is 3.08. The minimum atomic E-state index is 0.531. The largest absolute Gasteiger partial charge is 0.326 e. The molecule has 5 heteroatoms. The highest BCUT2D eigenvalue weighted by molar-refractivity contribution is 9.10. The van der Waals surface area contributed by atoms with Gasteiger partial charge in [0.25, 0.3) is 0 Å². The molecule has 0 amide bonds. The summed E-state index contributed by atoms with van der Waals surface area (Å²) >= 11 is 3.52. The Morgan fingerprint density at radius 2 is 2.16 bits per heavy atom. The topological polar surface area (TPSA) is 56.7 Å². The van der Waals surface area contributed by atoms with Crippen molar-refractivity contribution in [2.75, 3.05) is 0 Å². The Hall–Kier alpha value is -1.72. The zero-order chi connectivity index (χ0) is 13.4. The van der Waals surface area contributed by atoms with Gasteiger partial charge in [-0.1, -0.05) is 6.07 Å². The van der Waals surface area contributed by atoms with Crippen LogP contribution in [-0.4, -0.2) is 14.5 Å². The van der Waals surface area contributed by atoms with Gasteiger partial charge in [-0.25, -0.2) is 4.98 Å². The lowest BCUT2D eigenvalue weighted by Crippen LogP contribution is -1.97. The second-order valence-electron chi connectivity index (χ2n) is 4.36. The predicted octanol–water partition coefficient (Wildman–Crippen LogP) is 2.86. The van der Waals surface area contributed by atoms with Gasteiger partial charge in [0.2, 0.25) is 0 Å². The number of nitrogens with zero attached hydrogens (tertiary/aromatic N) is 3. The van der Waals surface area contributed by atoms with Crippen LogP contribution in [0.15, 0.2) is 41.0 Å². The highest BCUT2D eigenvalue weighted by atomic mass is 79.9. The minimum Gasteiger partial charge on any atom is -0.326 e. The van der Waals surface area contributed by atoms with Crippen LogP contribution < -0.4 is 5.73 Å². The van der Waals surface area contributed by atoms with Gasteiger partial charge in [0.15, 0.2) is 5.82 Å². The van der Waals surface area contributed by atoms with Gasteiger partial charge in [0, 0.05) is 24.3 Å². The quantitative estimate of drug-likeness (QED) is 0.791. The van der Waals surface area contributed by atoms with Gasteiger partial charge in [0.1, 0.15) is 5.69 Å². The molecule has 1 aromatic carbocycles. The molecule has 3 rings (SSSR count). The first-order chi connectivity index (χ1) is 9.20. The summed E-state index contributed by atoms with van der Waals surface area (Å²) in [5, 5.41) is 0. The number of benzene rings is 1. The van der Waals surface area contributed by atoms with Crippen molar-refractivity contribution >= 4 is 27.0 Å². The molecule has 19 heavy (non-hydrogen) atoms. The van der Waals surface area contributed by atoms with Gasteiger partial charge < -0.3 is 10.3 Å². The van der Waals surface area contributed by atoms with Crippen LogP contribution in [-0.2, 0) is 13.6 Å². The lowest BCUT2D eigenvalue weighted by atomic mass is 10.2. The van der Waals surface area contributed by atoms with E-state index in [1.165, 1.54) is 0 Å². The van der Waals surface area contributed by atoms with Crippen LogP contribution in [0.1, 0.15) is 5.56 Å². The van der Waals surface area contributed by atoms with E-state index in [0.717, 1.165) is 32.6 Å². The van der Waals surface area contributed by atoms with Gasteiger partial charge in [0.05, 0.1) is 11.0 Å². The standard InChI is InChI=1S/C14H13BrN4/c1-19-12-7-9(8-16)4-5-11(12)18-14(19)13-10(15)3-2-6-17-13/h2-7H,8,16H2,1H3. The summed E-state index contributed by atoms with van der Waals surface area (Å²) in [6.07, 6.45) is 1.77. The lowest BCUT2D eigenvalue weighted by molar-refractivity contribution is 0.946. The third-order valence-electron chi connectivity index (χ3n) is 3.15. The monoisotopic (exact) mass is 316 g/mol. The second-order valence-corrected chi connectivity index (χ2v) is 5.21. The molecule has 0 radical (unpaired) electrons. The Bertz CT molecular complexity index is 748.